The topological polar surface area (TPSA) is 189 Å². The van der Waals surface area contributed by atoms with Crippen molar-refractivity contribution in [1.82, 2.24) is 0 Å². The summed E-state index contributed by atoms with van der Waals surface area (Å²) in [4.78, 5) is 16.5. The van der Waals surface area contributed by atoms with E-state index in [-0.39, 0.29) is 23.1 Å². The van der Waals surface area contributed by atoms with Gasteiger partial charge in [0.15, 0.2) is 0 Å². The Morgan fingerprint density at radius 3 is 0.947 bits per heavy atom. The van der Waals surface area contributed by atoms with Crippen molar-refractivity contribution in [1.29, 1.82) is 0 Å². The maximum Gasteiger partial charge on any atom is 2.00 e. The molecule has 0 atom stereocenters. The Bertz CT molecular complexity index is 530. The van der Waals surface area contributed by atoms with Crippen LogP contribution in [0.5, 0.6) is 0 Å². The average molecular weight is 327 g/mol. The van der Waals surface area contributed by atoms with Crippen molar-refractivity contribution in [2.75, 3.05) is 0 Å². The molecule has 104 valence electrons. The van der Waals surface area contributed by atoms with Crippen molar-refractivity contribution < 1.29 is 45.7 Å². The zero-order chi connectivity index (χ0) is 15.3. The van der Waals surface area contributed by atoms with Crippen LogP contribution in [0.4, 0.5) is 0 Å². The van der Waals surface area contributed by atoms with Crippen LogP contribution in [0.3, 0.4) is 0 Å². The standard InChI is InChI=1S/2C3H4O5S.Mg/c2*1-2(3(4)5)9(6,7)8;/h2*1H2,(H,4,5)(H,6,7,8);/q;;+2/p-2. The number of carboxylic acid groups (broad SMARTS) is 2. The molecule has 0 aromatic rings. The predicted octanol–water partition coefficient (Wildman–Crippen LogP) is -4.11. The summed E-state index contributed by atoms with van der Waals surface area (Å²) < 4.78 is 55.0. The summed E-state index contributed by atoms with van der Waals surface area (Å²) in [5.74, 6) is -4.00. The van der Waals surface area contributed by atoms with Crippen LogP contribution in [0.25, 0.3) is 0 Å². The molecular formula is C6H6MgO10S2. The molecule has 0 aromatic heterocycles. The van der Waals surface area contributed by atoms with E-state index < -0.39 is 42.0 Å². The fourth-order valence-corrected chi connectivity index (χ4v) is 0.632. The average Bonchev–Trinajstić information content (AvgIpc) is 2.13. The minimum atomic E-state index is -4.66. The van der Waals surface area contributed by atoms with E-state index in [1.807, 2.05) is 0 Å². The number of hydrogen-bond donors (Lipinski definition) is 2. The van der Waals surface area contributed by atoms with Crippen LogP contribution < -0.4 is 10.2 Å². The molecule has 10 nitrogen and oxygen atoms in total. The van der Waals surface area contributed by atoms with Crippen LogP contribution in [-0.2, 0) is 29.8 Å². The van der Waals surface area contributed by atoms with Crippen LogP contribution in [0.1, 0.15) is 0 Å². The summed E-state index contributed by atoms with van der Waals surface area (Å²) in [5.41, 5.74) is 0. The van der Waals surface area contributed by atoms with Gasteiger partial charge in [0.2, 0.25) is 0 Å². The summed E-state index contributed by atoms with van der Waals surface area (Å²) in [5, 5.41) is 19.2. The van der Waals surface area contributed by atoms with E-state index in [2.05, 4.69) is 13.2 Å². The van der Waals surface area contributed by atoms with E-state index in [4.69, 9.17) is 9.11 Å². The molecule has 0 bridgehead atoms. The van der Waals surface area contributed by atoms with Gasteiger partial charge < -0.3 is 19.8 Å². The largest absolute Gasteiger partial charge is 2.00 e. The summed E-state index contributed by atoms with van der Waals surface area (Å²) in [6.45, 7) is 5.05. The molecule has 0 spiro atoms. The molecule has 0 amide bonds. The monoisotopic (exact) mass is 326 g/mol. The fraction of sp³-hybridized carbons (Fsp3) is 0. The Balaban J connectivity index is -0.000000256. The van der Waals surface area contributed by atoms with Gasteiger partial charge in [-0.1, -0.05) is 13.2 Å². The van der Waals surface area contributed by atoms with E-state index in [0.717, 1.165) is 0 Å². The number of rotatable bonds is 4. The Hall–Kier alpha value is -0.994. The van der Waals surface area contributed by atoms with Crippen molar-refractivity contribution in [3.05, 3.63) is 23.0 Å². The van der Waals surface area contributed by atoms with Gasteiger partial charge in [-0.3, -0.25) is 9.11 Å². The van der Waals surface area contributed by atoms with Gasteiger partial charge in [0.1, 0.15) is 9.81 Å². The smallest absolute Gasteiger partial charge is 0.544 e. The summed E-state index contributed by atoms with van der Waals surface area (Å²) in [6.07, 6.45) is 0. The molecule has 13 heteroatoms. The quantitative estimate of drug-likeness (QED) is 0.291. The molecule has 19 heavy (non-hydrogen) atoms. The van der Waals surface area contributed by atoms with Gasteiger partial charge in [-0.05, 0) is 0 Å². The van der Waals surface area contributed by atoms with E-state index in [0.29, 0.717) is 0 Å². The molecule has 0 rings (SSSR count). The number of carbonyl (C=O) groups excluding carboxylic acids is 2. The van der Waals surface area contributed by atoms with Gasteiger partial charge in [0.25, 0.3) is 20.2 Å². The Kier molecular flexibility index (Phi) is 10.0. The number of carbonyl (C=O) groups is 2. The first-order valence-corrected chi connectivity index (χ1v) is 6.34. The maximum atomic E-state index is 9.81. The second kappa shape index (κ2) is 8.23. The van der Waals surface area contributed by atoms with E-state index >= 15 is 0 Å². The predicted molar refractivity (Wildman–Crippen MR) is 57.1 cm³/mol. The minimum absolute atomic E-state index is 0. The molecule has 0 aliphatic rings. The molecule has 0 unspecified atom stereocenters. The van der Waals surface area contributed by atoms with Gasteiger partial charge >= 0.3 is 23.1 Å². The number of carboxylic acids is 2. The molecule has 0 radical (unpaired) electrons. The molecule has 2 N–H and O–H groups in total. The number of hydrogen-bond acceptors (Lipinski definition) is 8. The number of aliphatic carboxylic acids is 2. The van der Waals surface area contributed by atoms with Crippen molar-refractivity contribution >= 4 is 55.2 Å². The van der Waals surface area contributed by atoms with Crippen molar-refractivity contribution in [3.63, 3.8) is 0 Å². The van der Waals surface area contributed by atoms with Gasteiger partial charge in [-0.25, -0.2) is 0 Å². The van der Waals surface area contributed by atoms with Crippen LogP contribution in [-0.4, -0.2) is 60.9 Å². The van der Waals surface area contributed by atoms with E-state index in [1.54, 1.807) is 0 Å². The van der Waals surface area contributed by atoms with Gasteiger partial charge in [-0.15, -0.1) is 0 Å². The summed E-state index contributed by atoms with van der Waals surface area (Å²) in [6, 6.07) is 0. The second-order valence-corrected chi connectivity index (χ2v) is 5.26. The molecule has 0 heterocycles. The first-order valence-electron chi connectivity index (χ1n) is 3.46. The molecule has 0 saturated carbocycles. The molecule has 0 fully saturated rings. The maximum absolute atomic E-state index is 9.81. The van der Waals surface area contributed by atoms with Crippen LogP contribution in [0.2, 0.25) is 0 Å². The van der Waals surface area contributed by atoms with Gasteiger partial charge in [-0.2, -0.15) is 16.8 Å². The Morgan fingerprint density at radius 2 is 0.947 bits per heavy atom. The molecule has 0 aliphatic carbocycles. The summed E-state index contributed by atoms with van der Waals surface area (Å²) >= 11 is 0. The first-order chi connectivity index (χ1) is 7.71. The molecular weight excluding hydrogens is 320 g/mol. The summed E-state index contributed by atoms with van der Waals surface area (Å²) in [7, 11) is -9.32. The van der Waals surface area contributed by atoms with E-state index in [1.165, 1.54) is 0 Å². The molecule has 0 aromatic carbocycles. The normalized spacial score (nSPS) is 10.2. The third-order valence-corrected chi connectivity index (χ3v) is 2.66. The Morgan fingerprint density at radius 1 is 0.789 bits per heavy atom. The van der Waals surface area contributed by atoms with Gasteiger partial charge in [0.05, 0.1) is 11.9 Å². The van der Waals surface area contributed by atoms with Crippen molar-refractivity contribution in [2.45, 2.75) is 0 Å². The SMILES string of the molecule is C=C(C(=O)[O-])S(=O)(=O)O.C=C(C(=O)[O-])S(=O)(=O)O.[Mg+2]. The minimum Gasteiger partial charge on any atom is -0.544 e. The van der Waals surface area contributed by atoms with Crippen LogP contribution >= 0.6 is 0 Å². The van der Waals surface area contributed by atoms with Crippen LogP contribution in [0, 0.1) is 0 Å². The first kappa shape index (κ1) is 23.1. The second-order valence-electron chi connectivity index (χ2n) is 2.37. The fourth-order valence-electron chi connectivity index (χ4n) is 0.211. The zero-order valence-electron chi connectivity index (χ0n) is 9.10. The zero-order valence-corrected chi connectivity index (χ0v) is 12.1. The van der Waals surface area contributed by atoms with Gasteiger partial charge in [0, 0.05) is 0 Å². The van der Waals surface area contributed by atoms with Crippen molar-refractivity contribution in [2.24, 2.45) is 0 Å². The van der Waals surface area contributed by atoms with Crippen molar-refractivity contribution in [3.8, 4) is 0 Å². The van der Waals surface area contributed by atoms with Crippen LogP contribution in [0.15, 0.2) is 23.0 Å². The van der Waals surface area contributed by atoms with E-state index in [9.17, 15) is 36.6 Å². The third-order valence-electron chi connectivity index (χ3n) is 1.08. The molecule has 0 aliphatic heterocycles. The molecule has 0 saturated heterocycles. The third kappa shape index (κ3) is 10.6. The Labute approximate surface area is 124 Å².